The van der Waals surface area contributed by atoms with Crippen molar-refractivity contribution < 1.29 is 9.59 Å². The normalized spacial score (nSPS) is 18.8. The lowest BCUT2D eigenvalue weighted by Gasteiger charge is -2.31. The van der Waals surface area contributed by atoms with Crippen LogP contribution in [0.1, 0.15) is 38.7 Å². The first-order valence-corrected chi connectivity index (χ1v) is 8.22. The van der Waals surface area contributed by atoms with Crippen LogP contribution in [0.5, 0.6) is 0 Å². The van der Waals surface area contributed by atoms with E-state index in [1.54, 1.807) is 18.2 Å². The summed E-state index contributed by atoms with van der Waals surface area (Å²) in [5.41, 5.74) is 11.3. The van der Waals surface area contributed by atoms with E-state index in [0.29, 0.717) is 22.4 Å². The minimum Gasteiger partial charge on any atom is -0.321 e. The van der Waals surface area contributed by atoms with E-state index in [1.165, 1.54) is 4.90 Å². The summed E-state index contributed by atoms with van der Waals surface area (Å²) in [6.07, 6.45) is 5.37. The van der Waals surface area contributed by atoms with Crippen LogP contribution in [0.3, 0.4) is 0 Å². The molecule has 2 aromatic carbocycles. The van der Waals surface area contributed by atoms with Gasteiger partial charge in [0.1, 0.15) is 0 Å². The number of rotatable bonds is 1. The maximum absolute atomic E-state index is 13.2. The third-order valence-electron chi connectivity index (χ3n) is 4.77. The molecule has 1 unspecified atom stereocenters. The first-order chi connectivity index (χ1) is 12.0. The first-order valence-electron chi connectivity index (χ1n) is 8.22. The Bertz CT molecular complexity index is 985. The van der Waals surface area contributed by atoms with Gasteiger partial charge in [-0.3, -0.25) is 9.59 Å². The lowest BCUT2D eigenvalue weighted by molar-refractivity contribution is -0.112. The number of carbonyl (C=O) groups is 2. The third kappa shape index (κ3) is 2.26. The molecule has 1 atom stereocenters. The fourth-order valence-corrected chi connectivity index (χ4v) is 3.57. The Morgan fingerprint density at radius 3 is 2.60 bits per heavy atom. The second kappa shape index (κ2) is 5.53. The zero-order valence-corrected chi connectivity index (χ0v) is 14.1. The molecule has 1 aliphatic carbocycles. The number of allylic oxidation sites excluding steroid dienone is 2. The van der Waals surface area contributed by atoms with Gasteiger partial charge in [-0.05, 0) is 43.2 Å². The van der Waals surface area contributed by atoms with Crippen molar-refractivity contribution in [2.24, 2.45) is 5.73 Å². The number of hydrogen-bond donors (Lipinski definition) is 1. The Morgan fingerprint density at radius 1 is 1.04 bits per heavy atom. The fraction of sp³-hybridized carbons (Fsp3) is 0.143. The molecular weight excluding hydrogens is 312 g/mol. The number of benzene rings is 2. The molecule has 0 bridgehead atoms. The molecular formula is C21H18N2O2. The molecule has 0 radical (unpaired) electrons. The maximum Gasteiger partial charge on any atom is 0.265 e. The molecule has 2 aromatic rings. The summed E-state index contributed by atoms with van der Waals surface area (Å²) in [6, 6.07) is 10.8. The monoisotopic (exact) mass is 330 g/mol. The maximum atomic E-state index is 13.2. The molecule has 1 aliphatic heterocycles. The average molecular weight is 330 g/mol. The number of nitrogens with two attached hydrogens (primary N) is 1. The van der Waals surface area contributed by atoms with Crippen LogP contribution in [-0.2, 0) is 4.79 Å². The Labute approximate surface area is 146 Å². The van der Waals surface area contributed by atoms with Crippen LogP contribution in [0.2, 0.25) is 0 Å². The summed E-state index contributed by atoms with van der Waals surface area (Å²) in [5, 5.41) is 0. The second-order valence-electron chi connectivity index (χ2n) is 6.50. The molecule has 1 heterocycles. The zero-order valence-electron chi connectivity index (χ0n) is 14.1. The summed E-state index contributed by atoms with van der Waals surface area (Å²) in [6.45, 7) is 3.89. The summed E-state index contributed by atoms with van der Waals surface area (Å²) in [4.78, 5) is 27.6. The SMILES string of the molecule is Cc1ccc(N2C(=O)C3=CC=CC(N)c4cccc(c43)C2=O)c(C)c1. The zero-order chi connectivity index (χ0) is 17.7. The number of anilines is 1. The molecule has 2 N–H and O–H groups in total. The van der Waals surface area contributed by atoms with Gasteiger partial charge in [0.05, 0.1) is 5.69 Å². The molecule has 124 valence electrons. The van der Waals surface area contributed by atoms with E-state index in [-0.39, 0.29) is 17.9 Å². The Hall–Kier alpha value is -2.98. The van der Waals surface area contributed by atoms with Gasteiger partial charge < -0.3 is 5.73 Å². The molecule has 4 rings (SSSR count). The quantitative estimate of drug-likeness (QED) is 0.815. The summed E-state index contributed by atoms with van der Waals surface area (Å²) >= 11 is 0. The lowest BCUT2D eigenvalue weighted by Crippen LogP contribution is -2.42. The minimum atomic E-state index is -0.336. The summed E-state index contributed by atoms with van der Waals surface area (Å²) < 4.78 is 0. The Balaban J connectivity index is 1.97. The lowest BCUT2D eigenvalue weighted by atomic mass is 9.87. The molecule has 4 heteroatoms. The highest BCUT2D eigenvalue weighted by Gasteiger charge is 2.38. The van der Waals surface area contributed by atoms with Gasteiger partial charge in [-0.15, -0.1) is 0 Å². The van der Waals surface area contributed by atoms with Gasteiger partial charge >= 0.3 is 0 Å². The van der Waals surface area contributed by atoms with Crippen LogP contribution in [0.25, 0.3) is 5.57 Å². The van der Waals surface area contributed by atoms with Crippen LogP contribution in [0.4, 0.5) is 5.69 Å². The van der Waals surface area contributed by atoms with Gasteiger partial charge in [-0.2, -0.15) is 0 Å². The van der Waals surface area contributed by atoms with Crippen LogP contribution < -0.4 is 10.6 Å². The van der Waals surface area contributed by atoms with Crippen LogP contribution in [-0.4, -0.2) is 11.8 Å². The van der Waals surface area contributed by atoms with Crippen LogP contribution >= 0.6 is 0 Å². The summed E-state index contributed by atoms with van der Waals surface area (Å²) in [7, 11) is 0. The Morgan fingerprint density at radius 2 is 1.84 bits per heavy atom. The van der Waals surface area contributed by atoms with Crippen molar-refractivity contribution in [3.8, 4) is 0 Å². The van der Waals surface area contributed by atoms with Crippen molar-refractivity contribution in [2.75, 3.05) is 4.90 Å². The van der Waals surface area contributed by atoms with E-state index in [2.05, 4.69) is 0 Å². The van der Waals surface area contributed by atoms with Crippen molar-refractivity contribution in [1.82, 2.24) is 0 Å². The molecule has 25 heavy (non-hydrogen) atoms. The predicted octanol–water partition coefficient (Wildman–Crippen LogP) is 3.44. The van der Waals surface area contributed by atoms with Gasteiger partial charge in [-0.1, -0.05) is 42.0 Å². The topological polar surface area (TPSA) is 63.4 Å². The molecule has 2 amide bonds. The third-order valence-corrected chi connectivity index (χ3v) is 4.77. The second-order valence-corrected chi connectivity index (χ2v) is 6.50. The first kappa shape index (κ1) is 15.5. The van der Waals surface area contributed by atoms with E-state index >= 15 is 0 Å². The highest BCUT2D eigenvalue weighted by atomic mass is 16.2. The number of hydrogen-bond acceptors (Lipinski definition) is 3. The molecule has 0 fully saturated rings. The van der Waals surface area contributed by atoms with Crippen molar-refractivity contribution in [3.63, 3.8) is 0 Å². The highest BCUT2D eigenvalue weighted by Crippen LogP contribution is 2.38. The molecule has 4 nitrogen and oxygen atoms in total. The molecule has 0 saturated carbocycles. The highest BCUT2D eigenvalue weighted by molar-refractivity contribution is 6.41. The van der Waals surface area contributed by atoms with Gasteiger partial charge in [0.15, 0.2) is 0 Å². The van der Waals surface area contributed by atoms with E-state index in [9.17, 15) is 9.59 Å². The predicted molar refractivity (Wildman–Crippen MR) is 98.2 cm³/mol. The number of carbonyl (C=O) groups excluding carboxylic acids is 2. The van der Waals surface area contributed by atoms with Gasteiger partial charge in [0, 0.05) is 22.7 Å². The van der Waals surface area contributed by atoms with Gasteiger partial charge in [0.25, 0.3) is 11.8 Å². The van der Waals surface area contributed by atoms with Crippen molar-refractivity contribution >= 4 is 23.1 Å². The van der Waals surface area contributed by atoms with E-state index in [4.69, 9.17) is 5.73 Å². The number of nitrogens with zero attached hydrogens (tertiary/aromatic N) is 1. The van der Waals surface area contributed by atoms with Gasteiger partial charge in [0.2, 0.25) is 0 Å². The number of aryl methyl sites for hydroxylation is 2. The minimum absolute atomic E-state index is 0.306. The Kier molecular flexibility index (Phi) is 3.44. The smallest absolute Gasteiger partial charge is 0.265 e. The number of imide groups is 1. The summed E-state index contributed by atoms with van der Waals surface area (Å²) in [5.74, 6) is -0.615. The molecule has 0 aromatic heterocycles. The molecule has 0 spiro atoms. The fourth-order valence-electron chi connectivity index (χ4n) is 3.57. The van der Waals surface area contributed by atoms with Crippen molar-refractivity contribution in [1.29, 1.82) is 0 Å². The standard InChI is InChI=1S/C21H18N2O2/c1-12-9-10-18(13(2)11-12)23-20(24)15-6-3-5-14-17(22)8-4-7-16(19(14)15)21(23)25/h3-11,17H,22H2,1-2H3. The van der Waals surface area contributed by atoms with Gasteiger partial charge in [-0.25, -0.2) is 4.90 Å². The largest absolute Gasteiger partial charge is 0.321 e. The van der Waals surface area contributed by atoms with Crippen molar-refractivity contribution in [3.05, 3.63) is 82.4 Å². The van der Waals surface area contributed by atoms with Crippen LogP contribution in [0.15, 0.2) is 54.6 Å². The average Bonchev–Trinajstić information content (AvgIpc) is 2.75. The van der Waals surface area contributed by atoms with E-state index in [0.717, 1.165) is 16.7 Å². The number of amides is 2. The molecule has 0 saturated heterocycles. The van der Waals surface area contributed by atoms with E-state index < -0.39 is 0 Å². The molecule has 2 aliphatic rings. The van der Waals surface area contributed by atoms with E-state index in [1.807, 2.05) is 50.3 Å². The van der Waals surface area contributed by atoms with Crippen LogP contribution in [0, 0.1) is 13.8 Å². The van der Waals surface area contributed by atoms with Crippen molar-refractivity contribution in [2.45, 2.75) is 19.9 Å².